The molecule has 4 heteroatoms. The van der Waals surface area contributed by atoms with Gasteiger partial charge in [0.15, 0.2) is 0 Å². The van der Waals surface area contributed by atoms with Gasteiger partial charge in [-0.3, -0.25) is 9.07 Å². The molecular formula is C14H26FN3. The maximum atomic E-state index is 12.3. The number of aromatic nitrogens is 2. The molecule has 0 radical (unpaired) electrons. The van der Waals surface area contributed by atoms with Crippen LogP contribution in [0.3, 0.4) is 0 Å². The van der Waals surface area contributed by atoms with E-state index in [0.717, 1.165) is 25.1 Å². The van der Waals surface area contributed by atoms with Crippen LogP contribution in [0.25, 0.3) is 0 Å². The fraction of sp³-hybridized carbons (Fsp3) is 0.786. The first-order valence-corrected chi connectivity index (χ1v) is 7.07. The molecule has 1 rings (SSSR count). The van der Waals surface area contributed by atoms with Crippen molar-refractivity contribution in [3.63, 3.8) is 0 Å². The molecule has 0 saturated carbocycles. The highest BCUT2D eigenvalue weighted by Gasteiger charge is 2.19. The molecule has 1 unspecified atom stereocenters. The molecule has 0 spiro atoms. The number of hydrogen-bond donors (Lipinski definition) is 1. The number of hydrogen-bond acceptors (Lipinski definition) is 2. The van der Waals surface area contributed by atoms with Crippen molar-refractivity contribution in [2.24, 2.45) is 0 Å². The third-order valence-corrected chi connectivity index (χ3v) is 3.29. The van der Waals surface area contributed by atoms with Gasteiger partial charge in [-0.05, 0) is 32.7 Å². The van der Waals surface area contributed by atoms with Crippen molar-refractivity contribution in [2.45, 2.75) is 59.5 Å². The molecule has 1 heterocycles. The van der Waals surface area contributed by atoms with E-state index in [-0.39, 0.29) is 6.67 Å². The minimum absolute atomic E-state index is 0.275. The van der Waals surface area contributed by atoms with Gasteiger partial charge in [-0.25, -0.2) is 0 Å². The van der Waals surface area contributed by atoms with Crippen molar-refractivity contribution in [3.05, 3.63) is 17.0 Å². The van der Waals surface area contributed by atoms with E-state index in [0.29, 0.717) is 19.0 Å². The summed E-state index contributed by atoms with van der Waals surface area (Å²) in [6.45, 7) is 9.92. The summed E-state index contributed by atoms with van der Waals surface area (Å²) in [7, 11) is 0. The van der Waals surface area contributed by atoms with Gasteiger partial charge in [-0.2, -0.15) is 5.10 Å². The van der Waals surface area contributed by atoms with Gasteiger partial charge in [0, 0.05) is 23.8 Å². The molecule has 1 atom stereocenters. The molecule has 0 aliphatic rings. The van der Waals surface area contributed by atoms with E-state index in [1.54, 1.807) is 0 Å². The van der Waals surface area contributed by atoms with Crippen LogP contribution in [0.2, 0.25) is 0 Å². The van der Waals surface area contributed by atoms with E-state index >= 15 is 0 Å². The normalized spacial score (nSPS) is 12.9. The zero-order valence-corrected chi connectivity index (χ0v) is 12.1. The summed E-state index contributed by atoms with van der Waals surface area (Å²) in [6.07, 6.45) is 2.43. The van der Waals surface area contributed by atoms with E-state index in [2.05, 4.69) is 38.1 Å². The van der Waals surface area contributed by atoms with Gasteiger partial charge in [0.2, 0.25) is 0 Å². The molecule has 0 saturated heterocycles. The van der Waals surface area contributed by atoms with Crippen molar-refractivity contribution in [1.29, 1.82) is 0 Å². The van der Waals surface area contributed by atoms with Crippen LogP contribution >= 0.6 is 0 Å². The highest BCUT2D eigenvalue weighted by Crippen LogP contribution is 2.23. The van der Waals surface area contributed by atoms with Gasteiger partial charge in [-0.1, -0.05) is 20.8 Å². The summed E-state index contributed by atoms with van der Waals surface area (Å²) in [5, 5.41) is 8.10. The smallest absolute Gasteiger partial charge is 0.0912 e. The summed E-state index contributed by atoms with van der Waals surface area (Å²) < 4.78 is 14.3. The number of rotatable bonds is 8. The second kappa shape index (κ2) is 7.52. The first kappa shape index (κ1) is 15.2. The van der Waals surface area contributed by atoms with Gasteiger partial charge in [-0.15, -0.1) is 0 Å². The molecule has 3 nitrogen and oxygen atoms in total. The molecule has 0 aliphatic heterocycles. The summed E-state index contributed by atoms with van der Waals surface area (Å²) >= 11 is 0. The van der Waals surface area contributed by atoms with Crippen molar-refractivity contribution >= 4 is 0 Å². The van der Waals surface area contributed by atoms with E-state index in [1.807, 2.05) is 4.68 Å². The Bertz CT molecular complexity index is 360. The summed E-state index contributed by atoms with van der Waals surface area (Å²) in [5.41, 5.74) is 3.73. The second-order valence-electron chi connectivity index (χ2n) is 4.56. The van der Waals surface area contributed by atoms with Crippen molar-refractivity contribution in [3.8, 4) is 0 Å². The number of aryl methyl sites for hydroxylation is 2. The summed E-state index contributed by atoms with van der Waals surface area (Å²) in [5.74, 6) is 0. The Kier molecular flexibility index (Phi) is 6.33. The van der Waals surface area contributed by atoms with Gasteiger partial charge in [0.05, 0.1) is 12.4 Å². The van der Waals surface area contributed by atoms with Crippen LogP contribution < -0.4 is 5.32 Å². The van der Waals surface area contributed by atoms with Crippen LogP contribution in [-0.2, 0) is 19.4 Å². The van der Waals surface area contributed by atoms with E-state index < -0.39 is 0 Å². The first-order chi connectivity index (χ1) is 8.69. The van der Waals surface area contributed by atoms with Gasteiger partial charge < -0.3 is 5.32 Å². The summed E-state index contributed by atoms with van der Waals surface area (Å²) in [6, 6.07) is 0.319. The minimum Gasteiger partial charge on any atom is -0.310 e. The monoisotopic (exact) mass is 255 g/mol. The zero-order chi connectivity index (χ0) is 13.5. The lowest BCUT2D eigenvalue weighted by molar-refractivity contribution is 0.429. The molecule has 18 heavy (non-hydrogen) atoms. The second-order valence-corrected chi connectivity index (χ2v) is 4.56. The Hall–Kier alpha value is -0.900. The molecule has 1 aromatic heterocycles. The average Bonchev–Trinajstić information content (AvgIpc) is 2.74. The zero-order valence-electron chi connectivity index (χ0n) is 12.1. The van der Waals surface area contributed by atoms with Crippen LogP contribution in [0.15, 0.2) is 0 Å². The third kappa shape index (κ3) is 3.31. The number of halogens is 1. The Labute approximate surface area is 110 Å². The van der Waals surface area contributed by atoms with Crippen molar-refractivity contribution < 1.29 is 4.39 Å². The topological polar surface area (TPSA) is 29.9 Å². The molecule has 0 aliphatic carbocycles. The maximum Gasteiger partial charge on any atom is 0.0912 e. The summed E-state index contributed by atoms with van der Waals surface area (Å²) in [4.78, 5) is 0. The highest BCUT2D eigenvalue weighted by molar-refractivity contribution is 5.30. The first-order valence-electron chi connectivity index (χ1n) is 7.07. The Balaban J connectivity index is 3.07. The van der Waals surface area contributed by atoms with Crippen LogP contribution in [-0.4, -0.2) is 23.0 Å². The van der Waals surface area contributed by atoms with Crippen molar-refractivity contribution in [1.82, 2.24) is 15.1 Å². The Morgan fingerprint density at radius 2 is 2.00 bits per heavy atom. The SMILES string of the molecule is CCNC(C)c1c(CC)nn(CCCF)c1CC. The van der Waals surface area contributed by atoms with Gasteiger partial charge in [0.25, 0.3) is 0 Å². The maximum absolute atomic E-state index is 12.3. The molecule has 0 amide bonds. The fourth-order valence-electron chi connectivity index (χ4n) is 2.50. The van der Waals surface area contributed by atoms with Crippen LogP contribution in [0.1, 0.15) is 57.1 Å². The van der Waals surface area contributed by atoms with Crippen LogP contribution in [0.4, 0.5) is 4.39 Å². The highest BCUT2D eigenvalue weighted by atomic mass is 19.1. The molecule has 0 aromatic carbocycles. The standard InChI is InChI=1S/C14H26FN3/c1-5-12-14(11(4)16-7-3)13(6-2)18(17-12)10-8-9-15/h11,16H,5-10H2,1-4H3. The molecular weight excluding hydrogens is 229 g/mol. The quantitative estimate of drug-likeness (QED) is 0.774. The lowest BCUT2D eigenvalue weighted by Gasteiger charge is -2.15. The van der Waals surface area contributed by atoms with Gasteiger partial charge in [0.1, 0.15) is 0 Å². The molecule has 104 valence electrons. The predicted molar refractivity (Wildman–Crippen MR) is 73.7 cm³/mol. The van der Waals surface area contributed by atoms with Crippen LogP contribution in [0.5, 0.6) is 0 Å². The lowest BCUT2D eigenvalue weighted by atomic mass is 10.0. The molecule has 0 fully saturated rings. The lowest BCUT2D eigenvalue weighted by Crippen LogP contribution is -2.20. The van der Waals surface area contributed by atoms with Gasteiger partial charge >= 0.3 is 0 Å². The predicted octanol–water partition coefficient (Wildman–Crippen LogP) is 3.04. The van der Waals surface area contributed by atoms with E-state index in [9.17, 15) is 4.39 Å². The number of nitrogens with zero attached hydrogens (tertiary/aromatic N) is 2. The Morgan fingerprint density at radius 1 is 1.28 bits per heavy atom. The molecule has 1 aromatic rings. The fourth-order valence-corrected chi connectivity index (χ4v) is 2.50. The minimum atomic E-state index is -0.275. The number of nitrogens with one attached hydrogen (secondary N) is 1. The number of alkyl halides is 1. The van der Waals surface area contributed by atoms with Crippen LogP contribution in [0, 0.1) is 0 Å². The average molecular weight is 255 g/mol. The van der Waals surface area contributed by atoms with Crippen molar-refractivity contribution in [2.75, 3.05) is 13.2 Å². The van der Waals surface area contributed by atoms with E-state index in [1.165, 1.54) is 11.3 Å². The largest absolute Gasteiger partial charge is 0.310 e. The Morgan fingerprint density at radius 3 is 2.50 bits per heavy atom. The molecule has 0 bridgehead atoms. The molecule has 1 N–H and O–H groups in total. The third-order valence-electron chi connectivity index (χ3n) is 3.29. The van der Waals surface area contributed by atoms with E-state index in [4.69, 9.17) is 0 Å².